The largest absolute Gasteiger partial charge is 0.300 e. The monoisotopic (exact) mass is 393 g/mol. The number of hydrogen-bond acceptors (Lipinski definition) is 7. The van der Waals surface area contributed by atoms with Crippen molar-refractivity contribution in [2.75, 3.05) is 5.32 Å². The van der Waals surface area contributed by atoms with Crippen LogP contribution in [0, 0.1) is 10.1 Å². The first kappa shape index (κ1) is 17.9. The number of anilines is 1. The van der Waals surface area contributed by atoms with Crippen LogP contribution in [0.1, 0.15) is 10.8 Å². The second-order valence-electron chi connectivity index (χ2n) is 5.22. The third kappa shape index (κ3) is 3.69. The van der Waals surface area contributed by atoms with Gasteiger partial charge in [0.05, 0.1) is 15.1 Å². The number of carbonyl (C=O) groups excluding carboxylic acids is 1. The van der Waals surface area contributed by atoms with Crippen molar-refractivity contribution in [3.05, 3.63) is 64.2 Å². The van der Waals surface area contributed by atoms with Crippen LogP contribution in [0.25, 0.3) is 10.2 Å². The second-order valence-corrected chi connectivity index (χ2v) is 7.76. The van der Waals surface area contributed by atoms with Gasteiger partial charge in [-0.15, -0.1) is 0 Å². The molecule has 1 heterocycles. The number of carbonyl (C=O) groups is 1. The summed E-state index contributed by atoms with van der Waals surface area (Å²) in [6.45, 7) is 0. The molecule has 11 heteroatoms. The normalized spacial score (nSPS) is 12.7. The van der Waals surface area contributed by atoms with Crippen LogP contribution in [0.4, 0.5) is 10.8 Å². The van der Waals surface area contributed by atoms with E-state index in [1.165, 1.54) is 42.5 Å². The summed E-state index contributed by atoms with van der Waals surface area (Å²) >= 11 is 0.956. The van der Waals surface area contributed by atoms with Crippen molar-refractivity contribution in [3.8, 4) is 0 Å². The molecule has 2 N–H and O–H groups in total. The van der Waals surface area contributed by atoms with Crippen molar-refractivity contribution < 1.29 is 22.7 Å². The van der Waals surface area contributed by atoms with Gasteiger partial charge in [0.15, 0.2) is 10.4 Å². The summed E-state index contributed by atoms with van der Waals surface area (Å²) in [4.78, 5) is 26.8. The van der Waals surface area contributed by atoms with E-state index in [1.54, 1.807) is 6.07 Å². The highest BCUT2D eigenvalue weighted by Gasteiger charge is 2.33. The molecule has 26 heavy (non-hydrogen) atoms. The number of nitro groups is 1. The Hall–Kier alpha value is -2.89. The first-order valence-corrected chi connectivity index (χ1v) is 9.45. The molecule has 0 radical (unpaired) electrons. The van der Waals surface area contributed by atoms with E-state index < -0.39 is 26.2 Å². The number of aromatic nitrogens is 1. The van der Waals surface area contributed by atoms with Crippen LogP contribution in [-0.4, -0.2) is 28.8 Å². The van der Waals surface area contributed by atoms with Gasteiger partial charge in [-0.05, 0) is 11.6 Å². The Bertz CT molecular complexity index is 1100. The lowest BCUT2D eigenvalue weighted by atomic mass is 10.1. The lowest BCUT2D eigenvalue weighted by molar-refractivity contribution is -0.384. The number of nitrogens with zero attached hydrogens (tertiary/aromatic N) is 2. The Morgan fingerprint density at radius 1 is 1.23 bits per heavy atom. The quantitative estimate of drug-likeness (QED) is 0.386. The van der Waals surface area contributed by atoms with Gasteiger partial charge in [0.2, 0.25) is 0 Å². The van der Waals surface area contributed by atoms with Crippen LogP contribution >= 0.6 is 11.3 Å². The molecule has 2 aromatic carbocycles. The van der Waals surface area contributed by atoms with E-state index in [2.05, 4.69) is 10.3 Å². The van der Waals surface area contributed by atoms with Gasteiger partial charge in [0, 0.05) is 12.1 Å². The Morgan fingerprint density at radius 3 is 2.54 bits per heavy atom. The van der Waals surface area contributed by atoms with Crippen LogP contribution < -0.4 is 5.32 Å². The van der Waals surface area contributed by atoms with Crippen molar-refractivity contribution >= 4 is 48.4 Å². The van der Waals surface area contributed by atoms with Crippen LogP contribution in [0.15, 0.2) is 48.5 Å². The van der Waals surface area contributed by atoms with Gasteiger partial charge in [-0.3, -0.25) is 19.5 Å². The fraction of sp³-hybridized carbons (Fsp3) is 0.0667. The fourth-order valence-corrected chi connectivity index (χ4v) is 4.07. The second kappa shape index (κ2) is 6.78. The summed E-state index contributed by atoms with van der Waals surface area (Å²) in [5, 5.41) is 11.4. The van der Waals surface area contributed by atoms with Crippen LogP contribution in [0.3, 0.4) is 0 Å². The zero-order valence-corrected chi connectivity index (χ0v) is 14.5. The number of thiazole rings is 1. The molecule has 0 saturated heterocycles. The van der Waals surface area contributed by atoms with Crippen LogP contribution in [0.2, 0.25) is 0 Å². The van der Waals surface area contributed by atoms with Crippen LogP contribution in [0.5, 0.6) is 0 Å². The predicted octanol–water partition coefficient (Wildman–Crippen LogP) is 2.77. The summed E-state index contributed by atoms with van der Waals surface area (Å²) < 4.78 is 33.2. The minimum Gasteiger partial charge on any atom is -0.300 e. The average Bonchev–Trinajstić information content (AvgIpc) is 2.95. The zero-order valence-electron chi connectivity index (χ0n) is 12.9. The highest BCUT2D eigenvalue weighted by atomic mass is 32.2. The molecule has 134 valence electrons. The van der Waals surface area contributed by atoms with Crippen molar-refractivity contribution in [1.82, 2.24) is 4.98 Å². The molecular weight excluding hydrogens is 382 g/mol. The van der Waals surface area contributed by atoms with Crippen molar-refractivity contribution in [3.63, 3.8) is 0 Å². The first-order chi connectivity index (χ1) is 12.3. The summed E-state index contributed by atoms with van der Waals surface area (Å²) in [6, 6.07) is 11.5. The molecule has 0 spiro atoms. The molecule has 0 aliphatic carbocycles. The molecule has 3 aromatic rings. The summed E-state index contributed by atoms with van der Waals surface area (Å²) in [5.41, 5.74) is 0.391. The molecule has 1 atom stereocenters. The van der Waals surface area contributed by atoms with E-state index in [0.717, 1.165) is 11.3 Å². The molecule has 1 aromatic heterocycles. The standard InChI is InChI=1S/C15H11N3O6S2/c19-14(13(26(22,23)24)9-4-2-1-3-5-9)17-15-16-11-7-6-10(18(20)21)8-12(11)25-15/h1-8,13H,(H,16,17,19)(H,22,23,24). The molecular formula is C15H11N3O6S2. The van der Waals surface area contributed by atoms with Gasteiger partial charge >= 0.3 is 0 Å². The van der Waals surface area contributed by atoms with Gasteiger partial charge in [0.1, 0.15) is 0 Å². The molecule has 9 nitrogen and oxygen atoms in total. The predicted molar refractivity (Wildman–Crippen MR) is 95.6 cm³/mol. The smallest absolute Gasteiger partial charge is 0.281 e. The van der Waals surface area contributed by atoms with Gasteiger partial charge in [-0.25, -0.2) is 4.98 Å². The molecule has 0 saturated carbocycles. The fourth-order valence-electron chi connectivity index (χ4n) is 2.34. The van der Waals surface area contributed by atoms with Crippen LogP contribution in [-0.2, 0) is 14.9 Å². The number of benzene rings is 2. The van der Waals surface area contributed by atoms with Crippen molar-refractivity contribution in [2.24, 2.45) is 0 Å². The Labute approximate surface area is 151 Å². The lowest BCUT2D eigenvalue weighted by Crippen LogP contribution is -2.27. The number of fused-ring (bicyclic) bond motifs is 1. The number of rotatable bonds is 5. The molecule has 1 amide bonds. The number of nitro benzene ring substituents is 1. The number of amides is 1. The number of hydrogen-bond donors (Lipinski definition) is 2. The SMILES string of the molecule is O=C(Nc1nc2ccc([N+](=O)[O-])cc2s1)C(c1ccccc1)S(=O)(=O)O. The van der Waals surface area contributed by atoms with Gasteiger partial charge in [0.25, 0.3) is 21.7 Å². The minimum atomic E-state index is -4.71. The molecule has 1 unspecified atom stereocenters. The van der Waals surface area contributed by atoms with Crippen molar-refractivity contribution in [2.45, 2.75) is 5.25 Å². The molecule has 0 aliphatic heterocycles. The maximum Gasteiger partial charge on any atom is 0.281 e. The third-order valence-electron chi connectivity index (χ3n) is 3.45. The summed E-state index contributed by atoms with van der Waals surface area (Å²) in [5.74, 6) is -0.979. The third-order valence-corrected chi connectivity index (χ3v) is 5.47. The van der Waals surface area contributed by atoms with E-state index >= 15 is 0 Å². The Morgan fingerprint density at radius 2 is 1.92 bits per heavy atom. The highest BCUT2D eigenvalue weighted by molar-refractivity contribution is 7.86. The van der Waals surface area contributed by atoms with Crippen molar-refractivity contribution in [1.29, 1.82) is 0 Å². The minimum absolute atomic E-state index is 0.0649. The average molecular weight is 393 g/mol. The number of nitrogens with one attached hydrogen (secondary N) is 1. The van der Waals surface area contributed by atoms with E-state index in [0.29, 0.717) is 10.2 Å². The highest BCUT2D eigenvalue weighted by Crippen LogP contribution is 2.30. The Kier molecular flexibility index (Phi) is 4.68. The van der Waals surface area contributed by atoms with E-state index in [4.69, 9.17) is 0 Å². The van der Waals surface area contributed by atoms with E-state index in [9.17, 15) is 27.9 Å². The molecule has 0 bridgehead atoms. The Balaban J connectivity index is 1.92. The zero-order chi connectivity index (χ0) is 18.9. The molecule has 3 rings (SSSR count). The topological polar surface area (TPSA) is 139 Å². The van der Waals surface area contributed by atoms with E-state index in [1.807, 2.05) is 0 Å². The summed E-state index contributed by atoms with van der Waals surface area (Å²) in [6.07, 6.45) is 0. The molecule has 0 fully saturated rings. The number of non-ortho nitro benzene ring substituents is 1. The first-order valence-electron chi connectivity index (χ1n) is 7.13. The van der Waals surface area contributed by atoms with Gasteiger partial charge < -0.3 is 5.32 Å². The van der Waals surface area contributed by atoms with E-state index in [-0.39, 0.29) is 16.4 Å². The summed E-state index contributed by atoms with van der Waals surface area (Å²) in [7, 11) is -4.71. The molecule has 0 aliphatic rings. The maximum atomic E-state index is 12.4. The maximum absolute atomic E-state index is 12.4. The van der Waals surface area contributed by atoms with Gasteiger partial charge in [-0.1, -0.05) is 41.7 Å². The lowest BCUT2D eigenvalue weighted by Gasteiger charge is -2.13. The van der Waals surface area contributed by atoms with Gasteiger partial charge in [-0.2, -0.15) is 8.42 Å².